The predicted octanol–water partition coefficient (Wildman–Crippen LogP) is 3.20. The van der Waals surface area contributed by atoms with E-state index < -0.39 is 0 Å². The molecule has 2 aromatic rings. The lowest BCUT2D eigenvalue weighted by Crippen LogP contribution is -2.08. The molecule has 1 aromatic carbocycles. The highest BCUT2D eigenvalue weighted by Gasteiger charge is 2.24. The second-order valence-electron chi connectivity index (χ2n) is 4.72. The molecule has 3 rings (SSSR count). The highest BCUT2D eigenvalue weighted by molar-refractivity contribution is 5.52. The van der Waals surface area contributed by atoms with Crippen molar-refractivity contribution < 1.29 is 5.11 Å². The highest BCUT2D eigenvalue weighted by Crippen LogP contribution is 2.38. The van der Waals surface area contributed by atoms with Crippen molar-refractivity contribution >= 4 is 5.69 Å². The van der Waals surface area contributed by atoms with Crippen molar-refractivity contribution in [2.75, 3.05) is 5.32 Å². The van der Waals surface area contributed by atoms with Crippen LogP contribution in [-0.2, 0) is 6.42 Å². The predicted molar refractivity (Wildman–Crippen MR) is 71.8 cm³/mol. The minimum atomic E-state index is 0.273. The average Bonchev–Trinajstić information content (AvgIpc) is 2.77. The Kier molecular flexibility index (Phi) is 2.67. The summed E-state index contributed by atoms with van der Waals surface area (Å²) >= 11 is 0. The molecule has 0 bridgehead atoms. The van der Waals surface area contributed by atoms with Crippen molar-refractivity contribution in [2.24, 2.45) is 0 Å². The number of anilines is 1. The van der Waals surface area contributed by atoms with Gasteiger partial charge in [-0.25, -0.2) is 0 Å². The van der Waals surface area contributed by atoms with Gasteiger partial charge in [-0.05, 0) is 49.1 Å². The lowest BCUT2D eigenvalue weighted by molar-refractivity contribution is 0.469. The molecule has 1 aliphatic carbocycles. The first-order valence-electron chi connectivity index (χ1n) is 6.24. The number of hydrogen-bond donors (Lipinski definition) is 2. The number of rotatable bonds is 2. The molecular formula is C15H16N2O. The van der Waals surface area contributed by atoms with Gasteiger partial charge in [-0.3, -0.25) is 4.98 Å². The van der Waals surface area contributed by atoms with Gasteiger partial charge < -0.3 is 10.4 Å². The van der Waals surface area contributed by atoms with Crippen LogP contribution in [0.25, 0.3) is 0 Å². The van der Waals surface area contributed by atoms with Crippen molar-refractivity contribution in [1.29, 1.82) is 0 Å². The van der Waals surface area contributed by atoms with E-state index in [4.69, 9.17) is 0 Å². The van der Waals surface area contributed by atoms with Gasteiger partial charge in [-0.2, -0.15) is 0 Å². The van der Waals surface area contributed by atoms with Gasteiger partial charge in [0.05, 0.1) is 17.4 Å². The van der Waals surface area contributed by atoms with Gasteiger partial charge in [0.1, 0.15) is 5.75 Å². The first-order chi connectivity index (χ1) is 8.75. The molecule has 0 amide bonds. The smallest absolute Gasteiger partial charge is 0.119 e. The molecule has 3 heteroatoms. The minimum Gasteiger partial charge on any atom is -0.508 e. The normalized spacial score (nSPS) is 17.5. The summed E-state index contributed by atoms with van der Waals surface area (Å²) in [6.45, 7) is 2.00. The topological polar surface area (TPSA) is 45.2 Å². The molecule has 1 atom stereocenters. The largest absolute Gasteiger partial charge is 0.508 e. The molecule has 0 radical (unpaired) electrons. The zero-order valence-corrected chi connectivity index (χ0v) is 10.4. The Morgan fingerprint density at radius 3 is 3.00 bits per heavy atom. The first-order valence-corrected chi connectivity index (χ1v) is 6.24. The lowest BCUT2D eigenvalue weighted by Gasteiger charge is -2.16. The summed E-state index contributed by atoms with van der Waals surface area (Å²) in [5.74, 6) is 0.416. The SMILES string of the molecule is Cc1ncccc1NC1CCc2c(O)cccc21. The third-order valence-electron chi connectivity index (χ3n) is 3.58. The van der Waals surface area contributed by atoms with Crippen molar-refractivity contribution in [2.45, 2.75) is 25.8 Å². The third kappa shape index (κ3) is 1.82. The minimum absolute atomic E-state index is 0.273. The maximum absolute atomic E-state index is 9.83. The van der Waals surface area contributed by atoms with Gasteiger partial charge in [0.2, 0.25) is 0 Å². The lowest BCUT2D eigenvalue weighted by atomic mass is 10.1. The number of aromatic hydroxyl groups is 1. The van der Waals surface area contributed by atoms with E-state index in [0.717, 1.165) is 29.8 Å². The summed E-state index contributed by atoms with van der Waals surface area (Å²) in [7, 11) is 0. The number of hydrogen-bond acceptors (Lipinski definition) is 3. The monoisotopic (exact) mass is 240 g/mol. The Morgan fingerprint density at radius 1 is 1.28 bits per heavy atom. The molecule has 1 heterocycles. The highest BCUT2D eigenvalue weighted by atomic mass is 16.3. The molecule has 0 fully saturated rings. The number of nitrogens with one attached hydrogen (secondary N) is 1. The summed E-state index contributed by atoms with van der Waals surface area (Å²) in [5, 5.41) is 13.3. The van der Waals surface area contributed by atoms with E-state index >= 15 is 0 Å². The van der Waals surface area contributed by atoms with Crippen LogP contribution in [0.3, 0.4) is 0 Å². The number of phenolic OH excluding ortho intramolecular Hbond substituents is 1. The van der Waals surface area contributed by atoms with Gasteiger partial charge in [0, 0.05) is 6.20 Å². The zero-order valence-electron chi connectivity index (χ0n) is 10.4. The van der Waals surface area contributed by atoms with Crippen molar-refractivity contribution in [3.8, 4) is 5.75 Å². The molecule has 2 N–H and O–H groups in total. The number of pyridine rings is 1. The fourth-order valence-electron chi connectivity index (χ4n) is 2.61. The van der Waals surface area contributed by atoms with E-state index in [2.05, 4.69) is 16.4 Å². The van der Waals surface area contributed by atoms with Crippen LogP contribution >= 0.6 is 0 Å². The van der Waals surface area contributed by atoms with Crippen LogP contribution in [0, 0.1) is 6.92 Å². The van der Waals surface area contributed by atoms with Gasteiger partial charge in [-0.1, -0.05) is 12.1 Å². The standard InChI is InChI=1S/C15H16N2O/c1-10-13(5-3-9-16-10)17-14-8-7-12-11(14)4-2-6-15(12)18/h2-6,9,14,17-18H,7-8H2,1H3. The summed E-state index contributed by atoms with van der Waals surface area (Å²) in [4.78, 5) is 4.28. The van der Waals surface area contributed by atoms with E-state index in [9.17, 15) is 5.11 Å². The Labute approximate surface area is 107 Å². The quantitative estimate of drug-likeness (QED) is 0.847. The summed E-state index contributed by atoms with van der Waals surface area (Å²) < 4.78 is 0. The fraction of sp³-hybridized carbons (Fsp3) is 0.267. The van der Waals surface area contributed by atoms with Crippen LogP contribution in [0.4, 0.5) is 5.69 Å². The van der Waals surface area contributed by atoms with Crippen molar-refractivity contribution in [3.63, 3.8) is 0 Å². The molecule has 1 aromatic heterocycles. The van der Waals surface area contributed by atoms with Gasteiger partial charge >= 0.3 is 0 Å². The Morgan fingerprint density at radius 2 is 2.17 bits per heavy atom. The van der Waals surface area contributed by atoms with Crippen LogP contribution in [-0.4, -0.2) is 10.1 Å². The third-order valence-corrected chi connectivity index (χ3v) is 3.58. The van der Waals surface area contributed by atoms with Gasteiger partial charge in [0.25, 0.3) is 0 Å². The zero-order chi connectivity index (χ0) is 12.5. The molecule has 18 heavy (non-hydrogen) atoms. The van der Waals surface area contributed by atoms with E-state index in [1.54, 1.807) is 12.3 Å². The molecule has 3 nitrogen and oxygen atoms in total. The number of aryl methyl sites for hydroxylation is 1. The molecule has 0 spiro atoms. The number of nitrogens with zero attached hydrogens (tertiary/aromatic N) is 1. The molecule has 92 valence electrons. The number of fused-ring (bicyclic) bond motifs is 1. The summed E-state index contributed by atoms with van der Waals surface area (Å²) in [6, 6.07) is 10.0. The maximum Gasteiger partial charge on any atom is 0.119 e. The Hall–Kier alpha value is -2.03. The van der Waals surface area contributed by atoms with Gasteiger partial charge in [0.15, 0.2) is 0 Å². The van der Waals surface area contributed by atoms with Crippen LogP contribution in [0.2, 0.25) is 0 Å². The van der Waals surface area contributed by atoms with E-state index in [-0.39, 0.29) is 6.04 Å². The molecule has 1 unspecified atom stereocenters. The van der Waals surface area contributed by atoms with E-state index in [0.29, 0.717) is 5.75 Å². The Bertz CT molecular complexity index is 580. The molecule has 0 saturated carbocycles. The van der Waals surface area contributed by atoms with Crippen LogP contribution in [0.15, 0.2) is 36.5 Å². The van der Waals surface area contributed by atoms with Gasteiger partial charge in [-0.15, -0.1) is 0 Å². The number of benzene rings is 1. The number of phenols is 1. The second kappa shape index (κ2) is 4.33. The van der Waals surface area contributed by atoms with Crippen LogP contribution in [0.1, 0.15) is 29.3 Å². The van der Waals surface area contributed by atoms with Crippen molar-refractivity contribution in [1.82, 2.24) is 4.98 Å². The van der Waals surface area contributed by atoms with E-state index in [1.807, 2.05) is 25.1 Å². The molecule has 0 saturated heterocycles. The Balaban J connectivity index is 1.90. The van der Waals surface area contributed by atoms with Crippen molar-refractivity contribution in [3.05, 3.63) is 53.3 Å². The molecular weight excluding hydrogens is 224 g/mol. The number of aromatic nitrogens is 1. The first kappa shape index (κ1) is 11.1. The second-order valence-corrected chi connectivity index (χ2v) is 4.72. The summed E-state index contributed by atoms with van der Waals surface area (Å²) in [6.07, 6.45) is 3.75. The summed E-state index contributed by atoms with van der Waals surface area (Å²) in [5.41, 5.74) is 4.36. The molecule has 0 aliphatic heterocycles. The van der Waals surface area contributed by atoms with E-state index in [1.165, 1.54) is 5.56 Å². The average molecular weight is 240 g/mol. The van der Waals surface area contributed by atoms with Crippen LogP contribution in [0.5, 0.6) is 5.75 Å². The fourth-order valence-corrected chi connectivity index (χ4v) is 2.61. The van der Waals surface area contributed by atoms with Crippen LogP contribution < -0.4 is 5.32 Å². The maximum atomic E-state index is 9.83. The molecule has 1 aliphatic rings.